The van der Waals surface area contributed by atoms with Crippen LogP contribution in [0.25, 0.3) is 11.0 Å². The van der Waals surface area contributed by atoms with E-state index < -0.39 is 0 Å². The lowest BCUT2D eigenvalue weighted by Gasteiger charge is -2.16. The van der Waals surface area contributed by atoms with Crippen LogP contribution < -0.4 is 0 Å². The molecule has 4 nitrogen and oxygen atoms in total. The third-order valence-electron chi connectivity index (χ3n) is 2.98. The molecule has 0 N–H and O–H groups in total. The molecule has 0 radical (unpaired) electrons. The number of fused-ring (bicyclic) bond motifs is 1. The quantitative estimate of drug-likeness (QED) is 0.766. The maximum atomic E-state index is 13.2. The molecule has 6 heteroatoms. The molecule has 1 aromatic carbocycles. The summed E-state index contributed by atoms with van der Waals surface area (Å²) in [7, 11) is 3.25. The molecule has 1 heterocycles. The number of benzene rings is 1. The largest absolute Gasteiger partial charge is 0.382 e. The number of hydrogen-bond donors (Lipinski definition) is 0. The van der Waals surface area contributed by atoms with Gasteiger partial charge in [-0.05, 0) is 12.1 Å². The fraction of sp³-hybridized carbons (Fsp3) is 0.462. The highest BCUT2D eigenvalue weighted by Crippen LogP contribution is 2.19. The Labute approximate surface area is 116 Å². The third-order valence-corrected chi connectivity index (χ3v) is 3.22. The molecule has 0 saturated heterocycles. The van der Waals surface area contributed by atoms with E-state index in [4.69, 9.17) is 21.1 Å². The van der Waals surface area contributed by atoms with Crippen LogP contribution in [-0.4, -0.2) is 36.5 Å². The molecule has 0 saturated carbocycles. The van der Waals surface area contributed by atoms with Crippen molar-refractivity contribution < 1.29 is 13.9 Å². The standard InChI is InChI=1S/C13H16ClFN2O2/c1-18-8-10(19-2)7-17-12-4-3-9(15)5-11(12)16-13(17)6-14/h3-5,10H,6-8H2,1-2H3. The van der Waals surface area contributed by atoms with Crippen molar-refractivity contribution in [1.82, 2.24) is 9.55 Å². The molecule has 19 heavy (non-hydrogen) atoms. The van der Waals surface area contributed by atoms with E-state index in [2.05, 4.69) is 4.98 Å². The van der Waals surface area contributed by atoms with Gasteiger partial charge in [0.1, 0.15) is 11.6 Å². The van der Waals surface area contributed by atoms with Gasteiger partial charge in [-0.3, -0.25) is 0 Å². The lowest BCUT2D eigenvalue weighted by molar-refractivity contribution is 0.0186. The van der Waals surface area contributed by atoms with Gasteiger partial charge in [0.15, 0.2) is 0 Å². The molecular formula is C13H16ClFN2O2. The minimum atomic E-state index is -0.307. The van der Waals surface area contributed by atoms with Crippen LogP contribution in [0.15, 0.2) is 18.2 Å². The van der Waals surface area contributed by atoms with Crippen molar-refractivity contribution in [2.45, 2.75) is 18.5 Å². The van der Waals surface area contributed by atoms with Gasteiger partial charge in [0.25, 0.3) is 0 Å². The molecule has 104 valence electrons. The van der Waals surface area contributed by atoms with Gasteiger partial charge in [0.2, 0.25) is 0 Å². The smallest absolute Gasteiger partial charge is 0.125 e. The van der Waals surface area contributed by atoms with Crippen molar-refractivity contribution in [3.63, 3.8) is 0 Å². The molecule has 1 aromatic heterocycles. The van der Waals surface area contributed by atoms with Crippen molar-refractivity contribution in [3.8, 4) is 0 Å². The topological polar surface area (TPSA) is 36.3 Å². The Bertz CT molecular complexity index is 559. The number of halogens is 2. The van der Waals surface area contributed by atoms with Crippen molar-refractivity contribution in [3.05, 3.63) is 29.8 Å². The molecule has 0 fully saturated rings. The summed E-state index contributed by atoms with van der Waals surface area (Å²) in [6.07, 6.45) is -0.102. The average molecular weight is 287 g/mol. The van der Waals surface area contributed by atoms with Crippen LogP contribution in [0.1, 0.15) is 5.82 Å². The Morgan fingerprint density at radius 3 is 2.84 bits per heavy atom. The molecule has 0 aliphatic heterocycles. The highest BCUT2D eigenvalue weighted by Gasteiger charge is 2.15. The molecule has 1 unspecified atom stereocenters. The Kier molecular flexibility index (Phi) is 4.74. The summed E-state index contributed by atoms with van der Waals surface area (Å²) >= 11 is 5.90. The zero-order chi connectivity index (χ0) is 13.8. The predicted octanol–water partition coefficient (Wildman–Crippen LogP) is 2.58. The second-order valence-corrected chi connectivity index (χ2v) is 4.49. The normalized spacial score (nSPS) is 13.1. The lowest BCUT2D eigenvalue weighted by Crippen LogP contribution is -2.24. The molecule has 2 rings (SSSR count). The number of imidazole rings is 1. The average Bonchev–Trinajstić information content (AvgIpc) is 2.75. The number of methoxy groups -OCH3 is 2. The Morgan fingerprint density at radius 2 is 2.21 bits per heavy atom. The van der Waals surface area contributed by atoms with Crippen LogP contribution in [0.5, 0.6) is 0 Å². The summed E-state index contributed by atoms with van der Waals surface area (Å²) in [6.45, 7) is 1.04. The van der Waals surface area contributed by atoms with Gasteiger partial charge in [0, 0.05) is 20.3 Å². The molecule has 1 atom stereocenters. The van der Waals surface area contributed by atoms with E-state index in [1.807, 2.05) is 4.57 Å². The van der Waals surface area contributed by atoms with Gasteiger partial charge in [-0.1, -0.05) is 0 Å². The van der Waals surface area contributed by atoms with Crippen molar-refractivity contribution in [1.29, 1.82) is 0 Å². The number of ether oxygens (including phenoxy) is 2. The number of rotatable bonds is 6. The SMILES string of the molecule is COCC(Cn1c(CCl)nc2cc(F)ccc21)OC. The van der Waals surface area contributed by atoms with Gasteiger partial charge < -0.3 is 14.0 Å². The second-order valence-electron chi connectivity index (χ2n) is 4.22. The minimum absolute atomic E-state index is 0.102. The Hall–Kier alpha value is -1.17. The lowest BCUT2D eigenvalue weighted by atomic mass is 10.3. The summed E-state index contributed by atoms with van der Waals surface area (Å²) in [5.41, 5.74) is 1.44. The van der Waals surface area contributed by atoms with Gasteiger partial charge in [0.05, 0.1) is 36.2 Å². The van der Waals surface area contributed by atoms with Crippen LogP contribution >= 0.6 is 11.6 Å². The Balaban J connectivity index is 2.39. The van der Waals surface area contributed by atoms with Gasteiger partial charge in [-0.15, -0.1) is 11.6 Å². The molecule has 0 amide bonds. The van der Waals surface area contributed by atoms with Crippen molar-refractivity contribution in [2.75, 3.05) is 20.8 Å². The summed E-state index contributed by atoms with van der Waals surface area (Å²) in [4.78, 5) is 4.33. The van der Waals surface area contributed by atoms with E-state index in [9.17, 15) is 4.39 Å². The van der Waals surface area contributed by atoms with E-state index in [0.717, 1.165) is 5.52 Å². The highest BCUT2D eigenvalue weighted by atomic mass is 35.5. The molecular weight excluding hydrogens is 271 g/mol. The predicted molar refractivity (Wildman–Crippen MR) is 71.9 cm³/mol. The zero-order valence-corrected chi connectivity index (χ0v) is 11.7. The zero-order valence-electron chi connectivity index (χ0n) is 10.9. The second kappa shape index (κ2) is 6.32. The first-order chi connectivity index (χ1) is 9.19. The van der Waals surface area contributed by atoms with Crippen LogP contribution in [0.3, 0.4) is 0 Å². The monoisotopic (exact) mass is 286 g/mol. The molecule has 0 spiro atoms. The number of hydrogen-bond acceptors (Lipinski definition) is 3. The number of aromatic nitrogens is 2. The molecule has 0 aliphatic carbocycles. The van der Waals surface area contributed by atoms with E-state index in [0.29, 0.717) is 24.5 Å². The van der Waals surface area contributed by atoms with E-state index in [1.165, 1.54) is 12.1 Å². The van der Waals surface area contributed by atoms with Gasteiger partial charge >= 0.3 is 0 Å². The number of alkyl halides is 1. The summed E-state index contributed by atoms with van der Waals surface area (Å²) in [5, 5.41) is 0. The molecule has 2 aromatic rings. The molecule has 0 bridgehead atoms. The first-order valence-electron chi connectivity index (χ1n) is 5.92. The van der Waals surface area contributed by atoms with Crippen LogP contribution in [0, 0.1) is 5.82 Å². The van der Waals surface area contributed by atoms with Crippen LogP contribution in [0.2, 0.25) is 0 Å². The Morgan fingerprint density at radius 1 is 1.42 bits per heavy atom. The fourth-order valence-electron chi connectivity index (χ4n) is 2.04. The summed E-state index contributed by atoms with van der Waals surface area (Å²) in [6, 6.07) is 4.52. The summed E-state index contributed by atoms with van der Waals surface area (Å²) < 4.78 is 25.6. The third kappa shape index (κ3) is 3.05. The van der Waals surface area contributed by atoms with Crippen LogP contribution in [-0.2, 0) is 21.9 Å². The van der Waals surface area contributed by atoms with Crippen LogP contribution in [0.4, 0.5) is 4.39 Å². The minimum Gasteiger partial charge on any atom is -0.382 e. The highest BCUT2D eigenvalue weighted by molar-refractivity contribution is 6.16. The molecule has 0 aliphatic rings. The van der Waals surface area contributed by atoms with Crippen molar-refractivity contribution in [2.24, 2.45) is 0 Å². The van der Waals surface area contributed by atoms with E-state index in [-0.39, 0.29) is 17.8 Å². The number of nitrogens with zero attached hydrogens (tertiary/aromatic N) is 2. The first kappa shape index (κ1) is 14.2. The fourth-order valence-corrected chi connectivity index (χ4v) is 2.25. The van der Waals surface area contributed by atoms with Gasteiger partial charge in [-0.2, -0.15) is 0 Å². The maximum Gasteiger partial charge on any atom is 0.125 e. The van der Waals surface area contributed by atoms with Crippen molar-refractivity contribution >= 4 is 22.6 Å². The summed E-state index contributed by atoms with van der Waals surface area (Å²) in [5.74, 6) is 0.651. The maximum absolute atomic E-state index is 13.2. The van der Waals surface area contributed by atoms with E-state index in [1.54, 1.807) is 20.3 Å². The van der Waals surface area contributed by atoms with E-state index >= 15 is 0 Å². The van der Waals surface area contributed by atoms with Gasteiger partial charge in [-0.25, -0.2) is 9.37 Å². The first-order valence-corrected chi connectivity index (χ1v) is 6.45.